The fraction of sp³-hybridized carbons (Fsp3) is 0.375. The van der Waals surface area contributed by atoms with Gasteiger partial charge >= 0.3 is 0 Å². The van der Waals surface area contributed by atoms with Crippen LogP contribution in [0.3, 0.4) is 0 Å². The minimum atomic E-state index is -0.269. The predicted octanol–water partition coefficient (Wildman–Crippen LogP) is 4.89. The molecule has 0 spiro atoms. The van der Waals surface area contributed by atoms with Crippen LogP contribution in [0.5, 0.6) is 0 Å². The van der Waals surface area contributed by atoms with Crippen molar-refractivity contribution in [3.8, 4) is 11.4 Å². The molecule has 1 heterocycles. The minimum Gasteiger partial charge on any atom is -0.351 e. The van der Waals surface area contributed by atoms with E-state index in [4.69, 9.17) is 0 Å². The van der Waals surface area contributed by atoms with Crippen molar-refractivity contribution in [1.29, 1.82) is 0 Å². The van der Waals surface area contributed by atoms with E-state index >= 15 is 0 Å². The molecule has 0 aliphatic carbocycles. The molecule has 3 rings (SSSR count). The summed E-state index contributed by atoms with van der Waals surface area (Å²) in [6, 6.07) is 16.6. The second-order valence-electron chi connectivity index (χ2n) is 8.66. The van der Waals surface area contributed by atoms with E-state index in [-0.39, 0.29) is 16.6 Å². The lowest BCUT2D eigenvalue weighted by Gasteiger charge is -2.19. The number of rotatable bonds is 6. The normalized spacial score (nSPS) is 12.6. The largest absolute Gasteiger partial charge is 0.351 e. The van der Waals surface area contributed by atoms with Crippen molar-refractivity contribution >= 4 is 17.7 Å². The van der Waals surface area contributed by atoms with E-state index in [1.54, 1.807) is 0 Å². The van der Waals surface area contributed by atoms with Crippen molar-refractivity contribution < 1.29 is 4.79 Å². The molecule has 1 N–H and O–H groups in total. The van der Waals surface area contributed by atoms with Crippen molar-refractivity contribution in [2.45, 2.75) is 57.0 Å². The van der Waals surface area contributed by atoms with Crippen LogP contribution in [0.2, 0.25) is 0 Å². The van der Waals surface area contributed by atoms with Crippen LogP contribution in [-0.2, 0) is 23.8 Å². The molecule has 0 aliphatic heterocycles. The van der Waals surface area contributed by atoms with Crippen LogP contribution < -0.4 is 5.32 Å². The minimum absolute atomic E-state index is 0.0142. The monoisotopic (exact) mass is 422 g/mol. The fourth-order valence-electron chi connectivity index (χ4n) is 3.04. The molecule has 0 saturated heterocycles. The van der Waals surface area contributed by atoms with Crippen molar-refractivity contribution in [3.05, 3.63) is 65.2 Å². The van der Waals surface area contributed by atoms with Crippen LogP contribution in [0.4, 0.5) is 0 Å². The van der Waals surface area contributed by atoms with Crippen molar-refractivity contribution in [1.82, 2.24) is 20.1 Å². The van der Waals surface area contributed by atoms with Gasteiger partial charge in [0, 0.05) is 19.2 Å². The third-order valence-corrected chi connectivity index (χ3v) is 6.22. The topological polar surface area (TPSA) is 59.8 Å². The van der Waals surface area contributed by atoms with Gasteiger partial charge in [0.15, 0.2) is 11.0 Å². The summed E-state index contributed by atoms with van der Waals surface area (Å²) in [5.74, 6) is 0.782. The zero-order valence-electron chi connectivity index (χ0n) is 18.6. The molecular formula is C24H30N4OS. The molecule has 0 bridgehead atoms. The van der Waals surface area contributed by atoms with Gasteiger partial charge in [-0.15, -0.1) is 10.2 Å². The Hall–Kier alpha value is -2.60. The zero-order valence-corrected chi connectivity index (χ0v) is 19.4. The Bertz CT molecular complexity index is 1000. The maximum atomic E-state index is 12.5. The fourth-order valence-corrected chi connectivity index (χ4v) is 3.88. The molecule has 1 aromatic heterocycles. The molecule has 0 unspecified atom stereocenters. The summed E-state index contributed by atoms with van der Waals surface area (Å²) in [4.78, 5) is 12.5. The van der Waals surface area contributed by atoms with Gasteiger partial charge < -0.3 is 9.88 Å². The Labute approximate surface area is 183 Å². The van der Waals surface area contributed by atoms with E-state index in [9.17, 15) is 4.79 Å². The maximum Gasteiger partial charge on any atom is 0.233 e. The van der Waals surface area contributed by atoms with Gasteiger partial charge in [-0.2, -0.15) is 0 Å². The lowest BCUT2D eigenvalue weighted by molar-refractivity contribution is -0.120. The second-order valence-corrected chi connectivity index (χ2v) is 9.96. The van der Waals surface area contributed by atoms with Crippen LogP contribution in [0.1, 0.15) is 44.4 Å². The quantitative estimate of drug-likeness (QED) is 0.575. The molecule has 0 fully saturated rings. The van der Waals surface area contributed by atoms with E-state index in [0.717, 1.165) is 22.1 Å². The summed E-state index contributed by atoms with van der Waals surface area (Å²) >= 11 is 1.42. The van der Waals surface area contributed by atoms with Gasteiger partial charge in [0.1, 0.15) is 0 Å². The van der Waals surface area contributed by atoms with Crippen LogP contribution in [0, 0.1) is 6.92 Å². The molecule has 0 saturated carbocycles. The van der Waals surface area contributed by atoms with E-state index in [0.29, 0.717) is 6.54 Å². The molecule has 0 radical (unpaired) electrons. The highest BCUT2D eigenvalue weighted by molar-refractivity contribution is 8.00. The third-order valence-electron chi connectivity index (χ3n) is 5.08. The first-order valence-corrected chi connectivity index (χ1v) is 11.0. The number of carbonyl (C=O) groups excluding carboxylic acids is 1. The number of nitrogens with one attached hydrogen (secondary N) is 1. The molecule has 3 aromatic rings. The Balaban J connectivity index is 1.63. The van der Waals surface area contributed by atoms with Crippen molar-refractivity contribution in [2.24, 2.45) is 7.05 Å². The summed E-state index contributed by atoms with van der Waals surface area (Å²) in [7, 11) is 1.94. The smallest absolute Gasteiger partial charge is 0.233 e. The number of aromatic nitrogens is 3. The maximum absolute atomic E-state index is 12.5. The SMILES string of the molecule is Cc1ccc(CNC(=O)[C@H](C)Sc2nnc(-c3ccc(C(C)(C)C)cc3)n2C)cc1. The molecule has 5 nitrogen and oxygen atoms in total. The number of nitrogens with zero attached hydrogens (tertiary/aromatic N) is 3. The van der Waals surface area contributed by atoms with Crippen LogP contribution in [0.25, 0.3) is 11.4 Å². The average molecular weight is 423 g/mol. The lowest BCUT2D eigenvalue weighted by Crippen LogP contribution is -2.30. The van der Waals surface area contributed by atoms with Gasteiger partial charge in [0.25, 0.3) is 0 Å². The molecule has 1 atom stereocenters. The van der Waals surface area contributed by atoms with E-state index in [1.165, 1.54) is 22.9 Å². The third kappa shape index (κ3) is 5.30. The molecule has 1 amide bonds. The molecule has 158 valence electrons. The standard InChI is InChI=1S/C24H30N4OS/c1-16-7-9-18(10-8-16)15-25-22(29)17(2)30-23-27-26-21(28(23)6)19-11-13-20(14-12-19)24(3,4)5/h7-14,17H,15H2,1-6H3,(H,25,29)/t17-/m0/s1. The number of hydrogen-bond acceptors (Lipinski definition) is 4. The molecule has 6 heteroatoms. The van der Waals surface area contributed by atoms with Gasteiger partial charge in [0.05, 0.1) is 5.25 Å². The van der Waals surface area contributed by atoms with Crippen molar-refractivity contribution in [2.75, 3.05) is 0 Å². The average Bonchev–Trinajstić information content (AvgIpc) is 3.07. The summed E-state index contributed by atoms with van der Waals surface area (Å²) in [6.45, 7) is 11.1. The lowest BCUT2D eigenvalue weighted by atomic mass is 9.87. The van der Waals surface area contributed by atoms with Crippen LogP contribution in [0.15, 0.2) is 53.7 Å². The number of benzene rings is 2. The van der Waals surface area contributed by atoms with Crippen molar-refractivity contribution in [3.63, 3.8) is 0 Å². The Morgan fingerprint density at radius 2 is 1.70 bits per heavy atom. The second kappa shape index (κ2) is 9.04. The predicted molar refractivity (Wildman–Crippen MR) is 123 cm³/mol. The first-order valence-electron chi connectivity index (χ1n) is 10.2. The Kier molecular flexibility index (Phi) is 6.66. The number of carbonyl (C=O) groups is 1. The van der Waals surface area contributed by atoms with Crippen LogP contribution in [-0.4, -0.2) is 25.9 Å². The summed E-state index contributed by atoms with van der Waals surface area (Å²) in [5, 5.41) is 12.1. The van der Waals surface area contributed by atoms with Gasteiger partial charge in [-0.25, -0.2) is 0 Å². The number of hydrogen-bond donors (Lipinski definition) is 1. The highest BCUT2D eigenvalue weighted by Crippen LogP contribution is 2.28. The molecule has 2 aromatic carbocycles. The number of thioether (sulfide) groups is 1. The first kappa shape index (κ1) is 22.1. The first-order chi connectivity index (χ1) is 14.1. The van der Waals surface area contributed by atoms with E-state index in [2.05, 4.69) is 79.6 Å². The van der Waals surface area contributed by atoms with E-state index < -0.39 is 0 Å². The zero-order chi connectivity index (χ0) is 21.9. The highest BCUT2D eigenvalue weighted by Gasteiger charge is 2.20. The number of amides is 1. The van der Waals surface area contributed by atoms with Gasteiger partial charge in [-0.1, -0.05) is 86.6 Å². The summed E-state index contributed by atoms with van der Waals surface area (Å²) in [5.41, 5.74) is 4.70. The van der Waals surface area contributed by atoms with Gasteiger partial charge in [-0.05, 0) is 30.4 Å². The van der Waals surface area contributed by atoms with Gasteiger partial charge in [-0.3, -0.25) is 4.79 Å². The highest BCUT2D eigenvalue weighted by atomic mass is 32.2. The number of aryl methyl sites for hydroxylation is 1. The Morgan fingerprint density at radius 1 is 1.07 bits per heavy atom. The summed E-state index contributed by atoms with van der Waals surface area (Å²) in [6.07, 6.45) is 0. The van der Waals surface area contributed by atoms with E-state index in [1.807, 2.05) is 30.7 Å². The van der Waals surface area contributed by atoms with Gasteiger partial charge in [0.2, 0.25) is 5.91 Å². The van der Waals surface area contributed by atoms with Crippen LogP contribution >= 0.6 is 11.8 Å². The molecule has 30 heavy (non-hydrogen) atoms. The molecular weight excluding hydrogens is 392 g/mol. The summed E-state index contributed by atoms with van der Waals surface area (Å²) < 4.78 is 1.94. The molecule has 0 aliphatic rings. The Morgan fingerprint density at radius 3 is 2.30 bits per heavy atom.